The minimum Gasteiger partial charge on any atom is -0.480 e. The third-order valence-electron chi connectivity index (χ3n) is 4.92. The van der Waals surface area contributed by atoms with Gasteiger partial charge in [-0.1, -0.05) is 6.07 Å². The molecule has 3 rings (SSSR count). The van der Waals surface area contributed by atoms with Crippen LogP contribution in [0.5, 0.6) is 5.75 Å². The Bertz CT molecular complexity index is 1210. The molecule has 35 heavy (non-hydrogen) atoms. The van der Waals surface area contributed by atoms with Crippen LogP contribution in [0, 0.1) is 21.0 Å². The van der Waals surface area contributed by atoms with E-state index in [2.05, 4.69) is 50.5 Å². The highest BCUT2D eigenvalue weighted by molar-refractivity contribution is 14.1. The van der Waals surface area contributed by atoms with E-state index in [-0.39, 0.29) is 24.7 Å². The summed E-state index contributed by atoms with van der Waals surface area (Å²) in [7, 11) is 0. The molecule has 8 nitrogen and oxygen atoms in total. The largest absolute Gasteiger partial charge is 0.480 e. The number of amides is 3. The minimum atomic E-state index is -0.525. The molecule has 11 heteroatoms. The van der Waals surface area contributed by atoms with Crippen LogP contribution in [0.15, 0.2) is 35.2 Å². The number of hydrogen-bond acceptors (Lipinski definition) is 7. The number of carbonyl (C=O) groups is 4. The Balaban J connectivity index is 1.69. The molecular formula is C24H22I2N2O6S. The Morgan fingerprint density at radius 1 is 1.09 bits per heavy atom. The highest BCUT2D eigenvalue weighted by Crippen LogP contribution is 2.34. The van der Waals surface area contributed by atoms with Crippen molar-refractivity contribution in [3.63, 3.8) is 0 Å². The maximum Gasteiger partial charge on any atom is 0.344 e. The summed E-state index contributed by atoms with van der Waals surface area (Å²) < 4.78 is 11.9. The van der Waals surface area contributed by atoms with Gasteiger partial charge in [0, 0.05) is 5.69 Å². The van der Waals surface area contributed by atoms with Gasteiger partial charge in [0.15, 0.2) is 6.61 Å². The van der Waals surface area contributed by atoms with Gasteiger partial charge < -0.3 is 14.8 Å². The van der Waals surface area contributed by atoms with Crippen molar-refractivity contribution < 1.29 is 28.7 Å². The number of ether oxygens (including phenoxy) is 2. The normalized spacial score (nSPS) is 14.4. The molecule has 3 amide bonds. The second-order valence-electron chi connectivity index (χ2n) is 7.52. The van der Waals surface area contributed by atoms with Crippen molar-refractivity contribution in [2.75, 3.05) is 25.1 Å². The lowest BCUT2D eigenvalue weighted by atomic mass is 10.1. The molecular weight excluding hydrogens is 698 g/mol. The molecule has 184 valence electrons. The van der Waals surface area contributed by atoms with Gasteiger partial charge in [-0.2, -0.15) is 0 Å². The second-order valence-corrected chi connectivity index (χ2v) is 10.8. The number of esters is 1. The Labute approximate surface area is 234 Å². The Kier molecular flexibility index (Phi) is 9.58. The number of rotatable bonds is 8. The zero-order valence-electron chi connectivity index (χ0n) is 19.1. The third-order valence-corrected chi connectivity index (χ3v) is 7.43. The summed E-state index contributed by atoms with van der Waals surface area (Å²) in [6, 6.07) is 9.07. The number of hydrogen-bond donors (Lipinski definition) is 1. The maximum atomic E-state index is 12.8. The van der Waals surface area contributed by atoms with Crippen molar-refractivity contribution in [3.8, 4) is 5.75 Å². The first-order valence-corrected chi connectivity index (χ1v) is 13.5. The fourth-order valence-corrected chi connectivity index (χ4v) is 6.05. The molecule has 0 aromatic heterocycles. The summed E-state index contributed by atoms with van der Waals surface area (Å²) in [4.78, 5) is 50.5. The van der Waals surface area contributed by atoms with Crippen LogP contribution >= 0.6 is 56.9 Å². The fourth-order valence-electron chi connectivity index (χ4n) is 3.09. The van der Waals surface area contributed by atoms with Crippen LogP contribution < -0.4 is 10.1 Å². The molecule has 0 atom stereocenters. The minimum absolute atomic E-state index is 0.206. The molecule has 0 aliphatic carbocycles. The molecule has 0 saturated carbocycles. The van der Waals surface area contributed by atoms with Crippen LogP contribution in [0.25, 0.3) is 6.08 Å². The van der Waals surface area contributed by atoms with E-state index in [9.17, 15) is 19.2 Å². The number of anilines is 1. The maximum absolute atomic E-state index is 12.8. The Morgan fingerprint density at radius 2 is 1.77 bits per heavy atom. The molecule has 0 spiro atoms. The van der Waals surface area contributed by atoms with Crippen LogP contribution in [0.3, 0.4) is 0 Å². The van der Waals surface area contributed by atoms with Crippen LogP contribution in [0.2, 0.25) is 0 Å². The fraction of sp³-hybridized carbons (Fsp3) is 0.250. The van der Waals surface area contributed by atoms with Crippen molar-refractivity contribution >= 4 is 91.7 Å². The van der Waals surface area contributed by atoms with E-state index < -0.39 is 23.0 Å². The first-order chi connectivity index (χ1) is 16.6. The number of halogens is 2. The van der Waals surface area contributed by atoms with Crippen molar-refractivity contribution in [1.82, 2.24) is 4.90 Å². The van der Waals surface area contributed by atoms with Gasteiger partial charge >= 0.3 is 5.97 Å². The average Bonchev–Trinajstić information content (AvgIpc) is 3.03. The van der Waals surface area contributed by atoms with E-state index in [0.29, 0.717) is 17.0 Å². The molecule has 1 saturated heterocycles. The molecule has 1 fully saturated rings. The molecule has 1 heterocycles. The number of nitrogens with zero attached hydrogens (tertiary/aromatic N) is 1. The number of nitrogens with one attached hydrogen (secondary N) is 1. The van der Waals surface area contributed by atoms with Crippen molar-refractivity contribution in [2.24, 2.45) is 0 Å². The van der Waals surface area contributed by atoms with E-state index in [4.69, 9.17) is 9.47 Å². The third kappa shape index (κ3) is 7.19. The molecule has 0 bridgehead atoms. The molecule has 0 unspecified atom stereocenters. The summed E-state index contributed by atoms with van der Waals surface area (Å²) in [5, 5.41) is 2.22. The van der Waals surface area contributed by atoms with Gasteiger partial charge in [0.2, 0.25) is 5.91 Å². The van der Waals surface area contributed by atoms with Crippen LogP contribution in [-0.2, 0) is 19.1 Å². The van der Waals surface area contributed by atoms with Crippen molar-refractivity contribution in [1.29, 1.82) is 0 Å². The lowest BCUT2D eigenvalue weighted by Gasteiger charge is -2.13. The predicted molar refractivity (Wildman–Crippen MR) is 151 cm³/mol. The van der Waals surface area contributed by atoms with E-state index in [1.165, 1.54) is 0 Å². The lowest BCUT2D eigenvalue weighted by Crippen LogP contribution is -2.36. The van der Waals surface area contributed by atoms with E-state index in [1.54, 1.807) is 31.2 Å². The zero-order chi connectivity index (χ0) is 25.7. The van der Waals surface area contributed by atoms with Crippen LogP contribution in [-0.4, -0.2) is 47.7 Å². The SMILES string of the molecule is CCOC(=O)COc1c(I)cc(/C=C2/SC(=O)N(CC(=O)Nc3ccc(C)c(C)c3)C2=O)cc1I. The number of thioether (sulfide) groups is 1. The molecule has 1 N–H and O–H groups in total. The standard InChI is InChI=1S/C24H22I2N2O6S/c1-4-33-21(30)12-34-22-17(25)8-15(9-18(22)26)10-19-23(31)28(24(32)35-19)11-20(29)27-16-6-5-13(2)14(3)7-16/h5-10H,4,11-12H2,1-3H3,(H,27,29)/b19-10+. The molecule has 1 aliphatic rings. The van der Waals surface area contributed by atoms with Gasteiger partial charge in [-0.3, -0.25) is 19.3 Å². The molecule has 2 aromatic carbocycles. The quantitative estimate of drug-likeness (QED) is 0.230. The average molecular weight is 720 g/mol. The van der Waals surface area contributed by atoms with Crippen LogP contribution in [0.4, 0.5) is 10.5 Å². The topological polar surface area (TPSA) is 102 Å². The van der Waals surface area contributed by atoms with Crippen molar-refractivity contribution in [2.45, 2.75) is 20.8 Å². The summed E-state index contributed by atoms with van der Waals surface area (Å²) in [6.45, 7) is 5.33. The first-order valence-electron chi connectivity index (χ1n) is 10.5. The molecule has 0 radical (unpaired) electrons. The highest BCUT2D eigenvalue weighted by atomic mass is 127. The summed E-state index contributed by atoms with van der Waals surface area (Å²) in [5.74, 6) is -0.905. The number of imide groups is 1. The van der Waals surface area contributed by atoms with E-state index in [0.717, 1.165) is 34.9 Å². The first kappa shape index (κ1) is 27.5. The summed E-state index contributed by atoms with van der Waals surface area (Å²) in [6.07, 6.45) is 1.60. The van der Waals surface area contributed by atoms with E-state index >= 15 is 0 Å². The lowest BCUT2D eigenvalue weighted by molar-refractivity contribution is -0.145. The Hall–Kier alpha value is -2.13. The monoisotopic (exact) mass is 720 g/mol. The number of carbonyl (C=O) groups excluding carboxylic acids is 4. The smallest absolute Gasteiger partial charge is 0.344 e. The van der Waals surface area contributed by atoms with Gasteiger partial charge in [0.05, 0.1) is 18.7 Å². The predicted octanol–water partition coefficient (Wildman–Crippen LogP) is 5.13. The molecule has 2 aromatic rings. The van der Waals surface area contributed by atoms with Gasteiger partial charge in [-0.15, -0.1) is 0 Å². The van der Waals surface area contributed by atoms with Gasteiger partial charge in [-0.05, 0) is 125 Å². The summed E-state index contributed by atoms with van der Waals surface area (Å²) in [5.41, 5.74) is 3.42. The molecule has 1 aliphatic heterocycles. The Morgan fingerprint density at radius 3 is 2.40 bits per heavy atom. The zero-order valence-corrected chi connectivity index (χ0v) is 24.3. The summed E-state index contributed by atoms with van der Waals surface area (Å²) >= 11 is 4.94. The van der Waals surface area contributed by atoms with Crippen molar-refractivity contribution in [3.05, 3.63) is 59.1 Å². The highest BCUT2D eigenvalue weighted by Gasteiger charge is 2.36. The van der Waals surface area contributed by atoms with Gasteiger partial charge in [0.25, 0.3) is 11.1 Å². The number of benzene rings is 2. The number of aryl methyl sites for hydroxylation is 2. The van der Waals surface area contributed by atoms with Gasteiger partial charge in [-0.25, -0.2) is 4.79 Å². The van der Waals surface area contributed by atoms with Crippen LogP contribution in [0.1, 0.15) is 23.6 Å². The van der Waals surface area contributed by atoms with Gasteiger partial charge in [0.1, 0.15) is 12.3 Å². The van der Waals surface area contributed by atoms with E-state index in [1.807, 2.05) is 26.0 Å². The second kappa shape index (κ2) is 12.2.